The van der Waals surface area contributed by atoms with Crippen molar-refractivity contribution >= 4 is 10.0 Å². The fourth-order valence-corrected chi connectivity index (χ4v) is 4.26. The second kappa shape index (κ2) is 3.79. The highest BCUT2D eigenvalue weighted by atomic mass is 32.2. The van der Waals surface area contributed by atoms with E-state index in [1.807, 2.05) is 0 Å². The van der Waals surface area contributed by atoms with Crippen molar-refractivity contribution in [1.29, 1.82) is 0 Å². The van der Waals surface area contributed by atoms with E-state index >= 15 is 0 Å². The lowest BCUT2D eigenvalue weighted by Crippen LogP contribution is -2.41. The molecule has 0 spiro atoms. The molecule has 1 aliphatic heterocycles. The average molecular weight is 218 g/mol. The molecule has 2 fully saturated rings. The molecule has 2 rings (SSSR count). The molecular weight excluding hydrogens is 200 g/mol. The number of rotatable bonds is 1. The third kappa shape index (κ3) is 1.94. The summed E-state index contributed by atoms with van der Waals surface area (Å²) in [4.78, 5) is 0. The summed E-state index contributed by atoms with van der Waals surface area (Å²) in [6, 6.07) is 0.527. The number of nitrogens with two attached hydrogens (primary N) is 1. The summed E-state index contributed by atoms with van der Waals surface area (Å²) in [5, 5.41) is 0. The molecule has 2 N–H and O–H groups in total. The summed E-state index contributed by atoms with van der Waals surface area (Å²) in [6.07, 6.45) is 4.62. The van der Waals surface area contributed by atoms with Gasteiger partial charge >= 0.3 is 0 Å². The van der Waals surface area contributed by atoms with Crippen molar-refractivity contribution in [3.05, 3.63) is 0 Å². The van der Waals surface area contributed by atoms with Gasteiger partial charge in [-0.1, -0.05) is 0 Å². The van der Waals surface area contributed by atoms with E-state index in [1.54, 1.807) is 4.31 Å². The van der Waals surface area contributed by atoms with E-state index in [0.717, 1.165) is 38.6 Å². The first-order chi connectivity index (χ1) is 6.59. The van der Waals surface area contributed by atoms with Gasteiger partial charge in [-0.25, -0.2) is 8.42 Å². The highest BCUT2D eigenvalue weighted by molar-refractivity contribution is 7.89. The minimum absolute atomic E-state index is 0.238. The van der Waals surface area contributed by atoms with Gasteiger partial charge < -0.3 is 5.73 Å². The molecule has 1 heterocycles. The van der Waals surface area contributed by atoms with Gasteiger partial charge in [-0.3, -0.25) is 0 Å². The first-order valence-electron chi connectivity index (χ1n) is 5.35. The maximum Gasteiger partial charge on any atom is 0.214 e. The summed E-state index contributed by atoms with van der Waals surface area (Å²) in [5.74, 6) is 0.343. The van der Waals surface area contributed by atoms with Crippen LogP contribution in [0.1, 0.15) is 32.1 Å². The zero-order valence-electron chi connectivity index (χ0n) is 8.35. The molecule has 0 aromatic rings. The van der Waals surface area contributed by atoms with Crippen LogP contribution in [0.3, 0.4) is 0 Å². The van der Waals surface area contributed by atoms with Gasteiger partial charge in [0.1, 0.15) is 0 Å². The van der Waals surface area contributed by atoms with Gasteiger partial charge in [-0.15, -0.1) is 0 Å². The molecule has 1 saturated carbocycles. The van der Waals surface area contributed by atoms with E-state index < -0.39 is 10.0 Å². The summed E-state index contributed by atoms with van der Waals surface area (Å²) in [6.45, 7) is 0.724. The second-order valence-electron chi connectivity index (χ2n) is 4.35. The van der Waals surface area contributed by atoms with Crippen LogP contribution in [-0.4, -0.2) is 37.1 Å². The van der Waals surface area contributed by atoms with E-state index in [1.165, 1.54) is 0 Å². The second-order valence-corrected chi connectivity index (χ2v) is 6.39. The van der Waals surface area contributed by atoms with E-state index in [-0.39, 0.29) is 12.1 Å². The number of hydrogen-bond acceptors (Lipinski definition) is 3. The SMILES string of the molecule is NC1CCC(N2CCCS2(=O)=O)CC1. The standard InChI is InChI=1S/C9H18N2O2S/c10-8-2-4-9(5-3-8)11-6-1-7-14(11,12)13/h8-9H,1-7,10H2. The number of sulfonamides is 1. The van der Waals surface area contributed by atoms with Crippen LogP contribution in [0.2, 0.25) is 0 Å². The minimum atomic E-state index is -2.91. The molecule has 0 aromatic carbocycles. The monoisotopic (exact) mass is 218 g/mol. The molecule has 0 unspecified atom stereocenters. The fourth-order valence-electron chi connectivity index (χ4n) is 2.46. The van der Waals surface area contributed by atoms with Gasteiger partial charge in [-0.05, 0) is 32.1 Å². The van der Waals surface area contributed by atoms with Crippen LogP contribution >= 0.6 is 0 Å². The van der Waals surface area contributed by atoms with Crippen LogP contribution in [0.5, 0.6) is 0 Å². The zero-order valence-corrected chi connectivity index (χ0v) is 9.17. The Morgan fingerprint density at radius 3 is 2.29 bits per heavy atom. The Bertz CT molecular complexity index is 294. The fraction of sp³-hybridized carbons (Fsp3) is 1.00. The lowest BCUT2D eigenvalue weighted by molar-refractivity contribution is 0.252. The molecule has 0 amide bonds. The van der Waals surface area contributed by atoms with E-state index in [4.69, 9.17) is 5.73 Å². The normalized spacial score (nSPS) is 38.6. The van der Waals surface area contributed by atoms with E-state index in [0.29, 0.717) is 5.75 Å². The molecule has 0 aromatic heterocycles. The van der Waals surface area contributed by atoms with Gasteiger partial charge in [0.05, 0.1) is 5.75 Å². The number of nitrogens with zero attached hydrogens (tertiary/aromatic N) is 1. The Balaban J connectivity index is 2.02. The van der Waals surface area contributed by atoms with Crippen molar-refractivity contribution in [3.63, 3.8) is 0 Å². The summed E-state index contributed by atoms with van der Waals surface area (Å²) < 4.78 is 25.0. The first kappa shape index (κ1) is 10.4. The predicted molar refractivity (Wildman–Crippen MR) is 55.3 cm³/mol. The topological polar surface area (TPSA) is 63.4 Å². The Morgan fingerprint density at radius 1 is 1.14 bits per heavy atom. The summed E-state index contributed by atoms with van der Waals surface area (Å²) >= 11 is 0. The van der Waals surface area contributed by atoms with Crippen LogP contribution in [0.15, 0.2) is 0 Å². The Kier molecular flexibility index (Phi) is 2.81. The number of hydrogen-bond donors (Lipinski definition) is 1. The van der Waals surface area contributed by atoms with Crippen molar-refractivity contribution in [2.24, 2.45) is 5.73 Å². The summed E-state index contributed by atoms with van der Waals surface area (Å²) in [5.41, 5.74) is 5.80. The maximum absolute atomic E-state index is 11.6. The van der Waals surface area contributed by atoms with Crippen LogP contribution < -0.4 is 5.73 Å². The van der Waals surface area contributed by atoms with Crippen molar-refractivity contribution < 1.29 is 8.42 Å². The minimum Gasteiger partial charge on any atom is -0.328 e. The van der Waals surface area contributed by atoms with E-state index in [9.17, 15) is 8.42 Å². The quantitative estimate of drug-likeness (QED) is 0.688. The first-order valence-corrected chi connectivity index (χ1v) is 6.95. The smallest absolute Gasteiger partial charge is 0.214 e. The average Bonchev–Trinajstić information content (AvgIpc) is 2.47. The van der Waals surface area contributed by atoms with Crippen molar-refractivity contribution in [3.8, 4) is 0 Å². The molecule has 1 aliphatic carbocycles. The van der Waals surface area contributed by atoms with E-state index in [2.05, 4.69) is 0 Å². The lowest BCUT2D eigenvalue weighted by Gasteiger charge is -2.32. The van der Waals surface area contributed by atoms with Gasteiger partial charge in [0.25, 0.3) is 0 Å². The van der Waals surface area contributed by atoms with Crippen LogP contribution in [0.25, 0.3) is 0 Å². The van der Waals surface area contributed by atoms with Crippen LogP contribution in [0.4, 0.5) is 0 Å². The molecule has 5 heteroatoms. The van der Waals surface area contributed by atoms with Crippen LogP contribution in [-0.2, 0) is 10.0 Å². The third-order valence-electron chi connectivity index (χ3n) is 3.29. The molecular formula is C9H18N2O2S. The highest BCUT2D eigenvalue weighted by Crippen LogP contribution is 2.27. The molecule has 2 aliphatic rings. The van der Waals surface area contributed by atoms with Gasteiger partial charge in [-0.2, -0.15) is 4.31 Å². The Labute approximate surface area is 85.5 Å². The molecule has 0 radical (unpaired) electrons. The molecule has 4 nitrogen and oxygen atoms in total. The van der Waals surface area contributed by atoms with Crippen molar-refractivity contribution in [2.45, 2.75) is 44.2 Å². The largest absolute Gasteiger partial charge is 0.328 e. The predicted octanol–water partition coefficient (Wildman–Crippen LogP) is 0.292. The third-order valence-corrected chi connectivity index (χ3v) is 5.29. The Hall–Kier alpha value is -0.130. The van der Waals surface area contributed by atoms with Crippen molar-refractivity contribution in [2.75, 3.05) is 12.3 Å². The zero-order chi connectivity index (χ0) is 10.2. The Morgan fingerprint density at radius 2 is 1.79 bits per heavy atom. The molecule has 0 atom stereocenters. The lowest BCUT2D eigenvalue weighted by atomic mass is 9.92. The summed E-state index contributed by atoms with van der Waals surface area (Å²) in [7, 11) is -2.91. The molecule has 14 heavy (non-hydrogen) atoms. The van der Waals surface area contributed by atoms with Gasteiger partial charge in [0.15, 0.2) is 0 Å². The molecule has 0 bridgehead atoms. The van der Waals surface area contributed by atoms with Gasteiger partial charge in [0.2, 0.25) is 10.0 Å². The van der Waals surface area contributed by atoms with Crippen LogP contribution in [0, 0.1) is 0 Å². The van der Waals surface area contributed by atoms with Crippen molar-refractivity contribution in [1.82, 2.24) is 4.31 Å². The maximum atomic E-state index is 11.6. The molecule has 1 saturated heterocycles. The highest BCUT2D eigenvalue weighted by Gasteiger charge is 2.35. The van der Waals surface area contributed by atoms with Gasteiger partial charge in [0, 0.05) is 18.6 Å². The molecule has 82 valence electrons.